The number of benzene rings is 2. The smallest absolute Gasteiger partial charge is 0.251 e. The molecule has 0 saturated heterocycles. The molecule has 1 amide bonds. The molecule has 0 unspecified atom stereocenters. The van der Waals surface area contributed by atoms with Gasteiger partial charge in [-0.1, -0.05) is 43.6 Å². The largest absolute Gasteiger partial charge is 0.357 e. The van der Waals surface area contributed by atoms with E-state index in [0.29, 0.717) is 36.2 Å². The van der Waals surface area contributed by atoms with Crippen LogP contribution in [0.25, 0.3) is 0 Å². The van der Waals surface area contributed by atoms with E-state index in [9.17, 15) is 9.18 Å². The maximum atomic E-state index is 13.4. The first kappa shape index (κ1) is 26.2. The summed E-state index contributed by atoms with van der Waals surface area (Å²) in [6, 6.07) is 11.8. The van der Waals surface area contributed by atoms with E-state index >= 15 is 0 Å². The summed E-state index contributed by atoms with van der Waals surface area (Å²) in [6.45, 7) is 7.76. The van der Waals surface area contributed by atoms with Crippen LogP contribution in [0.3, 0.4) is 0 Å². The van der Waals surface area contributed by atoms with Gasteiger partial charge in [0.05, 0.1) is 6.54 Å². The molecule has 0 aliphatic carbocycles. The third kappa shape index (κ3) is 7.43. The van der Waals surface area contributed by atoms with Crippen molar-refractivity contribution >= 4 is 47.4 Å². The predicted molar refractivity (Wildman–Crippen MR) is 133 cm³/mol. The molecule has 0 atom stereocenters. The Bertz CT molecular complexity index is 889. The average molecular weight is 547 g/mol. The highest BCUT2D eigenvalue weighted by atomic mass is 127. The Balaban J connectivity index is 0.00000450. The van der Waals surface area contributed by atoms with E-state index in [1.165, 1.54) is 12.1 Å². The van der Waals surface area contributed by atoms with E-state index in [2.05, 4.69) is 20.9 Å². The number of nitrogens with zero attached hydrogens (tertiary/aromatic N) is 1. The fraction of sp³-hybridized carbons (Fsp3) is 0.364. The van der Waals surface area contributed by atoms with E-state index in [0.717, 1.165) is 11.1 Å². The molecule has 164 valence electrons. The lowest BCUT2D eigenvalue weighted by atomic mass is 9.84. The second-order valence-corrected chi connectivity index (χ2v) is 7.74. The number of hydrogen-bond acceptors (Lipinski definition) is 2. The maximum absolute atomic E-state index is 13.4. The first-order valence-electron chi connectivity index (χ1n) is 9.55. The third-order valence-electron chi connectivity index (χ3n) is 4.54. The first-order valence-corrected chi connectivity index (χ1v) is 9.93. The van der Waals surface area contributed by atoms with Gasteiger partial charge in [-0.2, -0.15) is 0 Å². The van der Waals surface area contributed by atoms with Gasteiger partial charge in [0, 0.05) is 36.1 Å². The van der Waals surface area contributed by atoms with Crippen molar-refractivity contribution in [3.63, 3.8) is 0 Å². The number of aliphatic imine (C=N–C) groups is 1. The molecule has 30 heavy (non-hydrogen) atoms. The molecule has 2 aromatic rings. The number of amides is 1. The molecule has 3 N–H and O–H groups in total. The summed E-state index contributed by atoms with van der Waals surface area (Å²) >= 11 is 6.24. The molecular formula is C22H29ClFIN4O. The molecule has 0 heterocycles. The molecule has 2 rings (SSSR count). The number of hydrogen-bond donors (Lipinski definition) is 3. The fourth-order valence-electron chi connectivity index (χ4n) is 2.91. The Morgan fingerprint density at radius 3 is 2.53 bits per heavy atom. The lowest BCUT2D eigenvalue weighted by molar-refractivity contribution is 0.0963. The van der Waals surface area contributed by atoms with Crippen LogP contribution in [0.2, 0.25) is 5.02 Å². The molecule has 2 aromatic carbocycles. The minimum atomic E-state index is -0.351. The number of carbonyl (C=O) groups is 1. The number of rotatable bonds is 7. The fourth-order valence-corrected chi connectivity index (χ4v) is 3.33. The molecule has 0 aliphatic heterocycles. The van der Waals surface area contributed by atoms with Crippen LogP contribution in [-0.4, -0.2) is 32.0 Å². The minimum absolute atomic E-state index is 0. The third-order valence-corrected chi connectivity index (χ3v) is 4.85. The molecular weight excluding hydrogens is 518 g/mol. The Morgan fingerprint density at radius 1 is 1.17 bits per heavy atom. The van der Waals surface area contributed by atoms with Crippen molar-refractivity contribution in [1.82, 2.24) is 16.0 Å². The van der Waals surface area contributed by atoms with Crippen LogP contribution >= 0.6 is 35.6 Å². The van der Waals surface area contributed by atoms with E-state index in [4.69, 9.17) is 11.6 Å². The van der Waals surface area contributed by atoms with Crippen LogP contribution in [0.1, 0.15) is 42.3 Å². The zero-order valence-corrected chi connectivity index (χ0v) is 20.8. The summed E-state index contributed by atoms with van der Waals surface area (Å²) in [5.41, 5.74) is 2.07. The van der Waals surface area contributed by atoms with E-state index in [-0.39, 0.29) is 41.1 Å². The number of carbonyl (C=O) groups excluding carboxylic acids is 1. The van der Waals surface area contributed by atoms with E-state index < -0.39 is 0 Å². The van der Waals surface area contributed by atoms with Crippen LogP contribution in [0.4, 0.5) is 4.39 Å². The molecule has 0 aliphatic rings. The van der Waals surface area contributed by atoms with Crippen molar-refractivity contribution in [2.24, 2.45) is 4.99 Å². The van der Waals surface area contributed by atoms with Gasteiger partial charge in [-0.15, -0.1) is 24.0 Å². The van der Waals surface area contributed by atoms with Crippen LogP contribution in [0.5, 0.6) is 0 Å². The zero-order valence-electron chi connectivity index (χ0n) is 17.7. The monoisotopic (exact) mass is 546 g/mol. The van der Waals surface area contributed by atoms with Crippen LogP contribution in [0, 0.1) is 5.82 Å². The molecule has 5 nitrogen and oxygen atoms in total. The molecule has 0 radical (unpaired) electrons. The highest BCUT2D eigenvalue weighted by Gasteiger charge is 2.24. The Kier molecular flexibility index (Phi) is 10.6. The van der Waals surface area contributed by atoms with Crippen LogP contribution in [-0.2, 0) is 12.0 Å². The minimum Gasteiger partial charge on any atom is -0.357 e. The second-order valence-electron chi connectivity index (χ2n) is 7.34. The summed E-state index contributed by atoms with van der Waals surface area (Å²) in [5.74, 6) is 0.180. The van der Waals surface area contributed by atoms with Gasteiger partial charge >= 0.3 is 0 Å². The molecule has 8 heteroatoms. The molecule has 0 spiro atoms. The average Bonchev–Trinajstić information content (AvgIpc) is 2.69. The highest BCUT2D eigenvalue weighted by molar-refractivity contribution is 14.0. The number of guanidine groups is 1. The van der Waals surface area contributed by atoms with Crippen molar-refractivity contribution in [2.75, 3.05) is 20.1 Å². The van der Waals surface area contributed by atoms with Crippen molar-refractivity contribution in [1.29, 1.82) is 0 Å². The van der Waals surface area contributed by atoms with Crippen LogP contribution < -0.4 is 16.0 Å². The van der Waals surface area contributed by atoms with Crippen molar-refractivity contribution in [3.8, 4) is 0 Å². The SMILES string of the molecule is CCNC(=NCc1cccc(C(=O)NC)c1)NCC(C)(C)c1ccc(F)cc1Cl.I. The Hall–Kier alpha value is -1.87. The lowest BCUT2D eigenvalue weighted by Crippen LogP contribution is -2.43. The normalized spacial score (nSPS) is 11.5. The first-order chi connectivity index (χ1) is 13.8. The van der Waals surface area contributed by atoms with Gasteiger partial charge in [-0.25, -0.2) is 9.38 Å². The van der Waals surface area contributed by atoms with Crippen molar-refractivity contribution < 1.29 is 9.18 Å². The summed E-state index contributed by atoms with van der Waals surface area (Å²) in [5, 5.41) is 9.57. The summed E-state index contributed by atoms with van der Waals surface area (Å²) < 4.78 is 13.4. The highest BCUT2D eigenvalue weighted by Crippen LogP contribution is 2.29. The van der Waals surface area contributed by atoms with Gasteiger partial charge in [-0.05, 0) is 42.3 Å². The van der Waals surface area contributed by atoms with Crippen molar-refractivity contribution in [2.45, 2.75) is 32.7 Å². The summed E-state index contributed by atoms with van der Waals surface area (Å²) in [6.07, 6.45) is 0. The van der Waals surface area contributed by atoms with Gasteiger partial charge in [0.1, 0.15) is 5.82 Å². The van der Waals surface area contributed by atoms with Gasteiger partial charge in [0.15, 0.2) is 5.96 Å². The number of halogens is 3. The van der Waals surface area contributed by atoms with Gasteiger partial charge in [0.2, 0.25) is 0 Å². The van der Waals surface area contributed by atoms with Gasteiger partial charge < -0.3 is 16.0 Å². The van der Waals surface area contributed by atoms with Crippen LogP contribution in [0.15, 0.2) is 47.5 Å². The number of nitrogens with one attached hydrogen (secondary N) is 3. The summed E-state index contributed by atoms with van der Waals surface area (Å²) in [4.78, 5) is 16.4. The van der Waals surface area contributed by atoms with E-state index in [1.807, 2.05) is 39.0 Å². The summed E-state index contributed by atoms with van der Waals surface area (Å²) in [7, 11) is 1.61. The van der Waals surface area contributed by atoms with Crippen molar-refractivity contribution in [3.05, 3.63) is 70.0 Å². The molecule has 0 fully saturated rings. The van der Waals surface area contributed by atoms with Gasteiger partial charge in [-0.3, -0.25) is 4.79 Å². The topological polar surface area (TPSA) is 65.5 Å². The Morgan fingerprint density at radius 2 is 1.90 bits per heavy atom. The lowest BCUT2D eigenvalue weighted by Gasteiger charge is -2.27. The molecule has 0 saturated carbocycles. The standard InChI is InChI=1S/C22H28ClFN4O.HI/c1-5-26-21(27-13-15-7-6-8-16(11-15)20(29)25-4)28-14-22(2,3)18-10-9-17(24)12-19(18)23;/h6-12H,5,13-14H2,1-4H3,(H,25,29)(H2,26,27,28);1H. The quantitative estimate of drug-likeness (QED) is 0.272. The zero-order chi connectivity index (χ0) is 21.4. The van der Waals surface area contributed by atoms with Gasteiger partial charge in [0.25, 0.3) is 5.91 Å². The predicted octanol–water partition coefficient (Wildman–Crippen LogP) is 4.49. The second kappa shape index (κ2) is 12.1. The molecule has 0 bridgehead atoms. The Labute approximate surface area is 199 Å². The molecule has 0 aromatic heterocycles. The van der Waals surface area contributed by atoms with E-state index in [1.54, 1.807) is 19.2 Å². The maximum Gasteiger partial charge on any atom is 0.251 e.